The van der Waals surface area contributed by atoms with Crippen LogP contribution >= 0.6 is 0 Å². The van der Waals surface area contributed by atoms with Crippen molar-refractivity contribution >= 4 is 0 Å². The first kappa shape index (κ1) is 7.98. The Balaban J connectivity index is 2.29. The second kappa shape index (κ2) is 2.86. The van der Waals surface area contributed by atoms with Crippen LogP contribution in [0.1, 0.15) is 13.3 Å². The molecule has 0 aromatic heterocycles. The van der Waals surface area contributed by atoms with Crippen molar-refractivity contribution < 1.29 is 5.11 Å². The summed E-state index contributed by atoms with van der Waals surface area (Å²) in [5.41, 5.74) is 4.91. The third-order valence-electron chi connectivity index (χ3n) is 1.98. The number of hydrogen-bond acceptors (Lipinski definition) is 3. The van der Waals surface area contributed by atoms with E-state index in [-0.39, 0.29) is 0 Å². The van der Waals surface area contributed by atoms with E-state index in [0.29, 0.717) is 6.54 Å². The first-order valence-electron chi connectivity index (χ1n) is 3.79. The largest absolute Gasteiger partial charge is 0.389 e. The molecule has 0 aliphatic carbocycles. The van der Waals surface area contributed by atoms with Crippen LogP contribution in [-0.4, -0.2) is 41.8 Å². The molecule has 0 radical (unpaired) electrons. The molecule has 0 spiro atoms. The Hall–Kier alpha value is -0.120. The Morgan fingerprint density at radius 1 is 1.70 bits per heavy atom. The predicted molar refractivity (Wildman–Crippen MR) is 40.7 cm³/mol. The Morgan fingerprint density at radius 3 is 2.80 bits per heavy atom. The summed E-state index contributed by atoms with van der Waals surface area (Å²) in [7, 11) is 0. The number of aliphatic hydroxyl groups is 1. The van der Waals surface area contributed by atoms with Crippen LogP contribution in [0.5, 0.6) is 0 Å². The monoisotopic (exact) mass is 144 g/mol. The van der Waals surface area contributed by atoms with Gasteiger partial charge < -0.3 is 10.8 Å². The molecule has 0 amide bonds. The van der Waals surface area contributed by atoms with E-state index in [1.807, 2.05) is 6.92 Å². The van der Waals surface area contributed by atoms with Crippen molar-refractivity contribution in [1.29, 1.82) is 0 Å². The molecule has 1 aliphatic heterocycles. The van der Waals surface area contributed by atoms with E-state index < -0.39 is 5.60 Å². The summed E-state index contributed by atoms with van der Waals surface area (Å²) in [6.07, 6.45) is 0.882. The van der Waals surface area contributed by atoms with Crippen LogP contribution in [-0.2, 0) is 0 Å². The summed E-state index contributed by atoms with van der Waals surface area (Å²) in [5.74, 6) is 0. The predicted octanol–water partition coefficient (Wildman–Crippen LogP) is -0.598. The molecule has 0 aromatic rings. The van der Waals surface area contributed by atoms with E-state index in [2.05, 4.69) is 4.90 Å². The minimum absolute atomic E-state index is 0.463. The van der Waals surface area contributed by atoms with Gasteiger partial charge in [0.15, 0.2) is 0 Å². The maximum Gasteiger partial charge on any atom is 0.0758 e. The van der Waals surface area contributed by atoms with Crippen molar-refractivity contribution in [3.63, 3.8) is 0 Å². The van der Waals surface area contributed by atoms with Gasteiger partial charge in [0, 0.05) is 26.2 Å². The molecule has 0 unspecified atom stereocenters. The van der Waals surface area contributed by atoms with Crippen molar-refractivity contribution in [1.82, 2.24) is 4.90 Å². The van der Waals surface area contributed by atoms with Gasteiger partial charge in [-0.2, -0.15) is 0 Å². The van der Waals surface area contributed by atoms with E-state index in [1.165, 1.54) is 0 Å². The van der Waals surface area contributed by atoms with Gasteiger partial charge in [0.2, 0.25) is 0 Å². The number of β-amino-alcohol motifs (C(OH)–C–C–N with tert-alkyl or cyclic N) is 1. The Kier molecular flexibility index (Phi) is 2.28. The summed E-state index contributed by atoms with van der Waals surface area (Å²) < 4.78 is 0. The van der Waals surface area contributed by atoms with E-state index in [4.69, 9.17) is 5.73 Å². The van der Waals surface area contributed by atoms with Gasteiger partial charge in [-0.25, -0.2) is 0 Å². The number of nitrogens with two attached hydrogens (primary N) is 1. The summed E-state index contributed by atoms with van der Waals surface area (Å²) in [6, 6.07) is 0. The van der Waals surface area contributed by atoms with E-state index in [0.717, 1.165) is 26.1 Å². The maximum atomic E-state index is 9.51. The van der Waals surface area contributed by atoms with Crippen molar-refractivity contribution in [2.75, 3.05) is 26.2 Å². The van der Waals surface area contributed by atoms with Gasteiger partial charge in [-0.15, -0.1) is 0 Å². The molecule has 60 valence electrons. The highest BCUT2D eigenvalue weighted by molar-refractivity contribution is 4.85. The molecule has 0 aromatic carbocycles. The van der Waals surface area contributed by atoms with Crippen molar-refractivity contribution in [3.8, 4) is 0 Å². The van der Waals surface area contributed by atoms with Crippen molar-refractivity contribution in [2.45, 2.75) is 18.9 Å². The molecule has 1 atom stereocenters. The lowest BCUT2D eigenvalue weighted by Gasteiger charge is -2.17. The zero-order valence-electron chi connectivity index (χ0n) is 6.51. The minimum Gasteiger partial charge on any atom is -0.389 e. The Morgan fingerprint density at radius 2 is 2.40 bits per heavy atom. The number of hydrogen-bond donors (Lipinski definition) is 2. The summed E-state index contributed by atoms with van der Waals surface area (Å²) >= 11 is 0. The smallest absolute Gasteiger partial charge is 0.0758 e. The average molecular weight is 144 g/mol. The highest BCUT2D eigenvalue weighted by Gasteiger charge is 2.30. The normalized spacial score (nSPS) is 35.1. The van der Waals surface area contributed by atoms with Crippen LogP contribution in [0.3, 0.4) is 0 Å². The van der Waals surface area contributed by atoms with Crippen molar-refractivity contribution in [3.05, 3.63) is 0 Å². The average Bonchev–Trinajstić information content (AvgIpc) is 2.12. The Bertz CT molecular complexity index is 114. The molecular weight excluding hydrogens is 128 g/mol. The van der Waals surface area contributed by atoms with Gasteiger partial charge in [-0.3, -0.25) is 4.90 Å². The number of nitrogens with zero attached hydrogens (tertiary/aromatic N) is 1. The molecule has 3 nitrogen and oxygen atoms in total. The van der Waals surface area contributed by atoms with Gasteiger partial charge >= 0.3 is 0 Å². The zero-order valence-corrected chi connectivity index (χ0v) is 6.51. The van der Waals surface area contributed by atoms with Crippen LogP contribution in [0.15, 0.2) is 0 Å². The van der Waals surface area contributed by atoms with Gasteiger partial charge in [0.25, 0.3) is 0 Å². The minimum atomic E-state index is -0.463. The number of rotatable bonds is 2. The lowest BCUT2D eigenvalue weighted by atomic mass is 10.1. The fraction of sp³-hybridized carbons (Fsp3) is 1.00. The fourth-order valence-electron chi connectivity index (χ4n) is 1.41. The van der Waals surface area contributed by atoms with Gasteiger partial charge in [-0.05, 0) is 13.3 Å². The summed E-state index contributed by atoms with van der Waals surface area (Å²) in [5, 5.41) is 9.51. The Labute approximate surface area is 61.8 Å². The third-order valence-corrected chi connectivity index (χ3v) is 1.98. The van der Waals surface area contributed by atoms with Crippen molar-refractivity contribution in [2.24, 2.45) is 5.73 Å². The SMILES string of the molecule is C[C@]1(O)CCN(CCN)C1. The van der Waals surface area contributed by atoms with Gasteiger partial charge in [0.1, 0.15) is 0 Å². The first-order chi connectivity index (χ1) is 4.64. The number of likely N-dealkylation sites (tertiary alicyclic amines) is 1. The second-order valence-electron chi connectivity index (χ2n) is 3.31. The lowest BCUT2D eigenvalue weighted by molar-refractivity contribution is 0.0692. The van der Waals surface area contributed by atoms with Crippen LogP contribution < -0.4 is 5.73 Å². The first-order valence-corrected chi connectivity index (χ1v) is 3.79. The summed E-state index contributed by atoms with van der Waals surface area (Å²) in [4.78, 5) is 2.19. The van der Waals surface area contributed by atoms with Crippen LogP contribution in [0.2, 0.25) is 0 Å². The van der Waals surface area contributed by atoms with E-state index >= 15 is 0 Å². The molecule has 0 saturated carbocycles. The van der Waals surface area contributed by atoms with Crippen LogP contribution in [0.25, 0.3) is 0 Å². The molecule has 1 fully saturated rings. The standard InChI is InChI=1S/C7H16N2O/c1-7(10)2-4-9(6-7)5-3-8/h10H,2-6,8H2,1H3/t7-/m0/s1. The van der Waals surface area contributed by atoms with Gasteiger partial charge in [-0.1, -0.05) is 0 Å². The van der Waals surface area contributed by atoms with E-state index in [9.17, 15) is 5.11 Å². The molecule has 0 bridgehead atoms. The summed E-state index contributed by atoms with van der Waals surface area (Å²) in [6.45, 7) is 5.25. The molecule has 3 heteroatoms. The highest BCUT2D eigenvalue weighted by Crippen LogP contribution is 2.18. The molecular formula is C7H16N2O. The fourth-order valence-corrected chi connectivity index (χ4v) is 1.41. The molecule has 1 saturated heterocycles. The van der Waals surface area contributed by atoms with E-state index in [1.54, 1.807) is 0 Å². The van der Waals surface area contributed by atoms with Crippen LogP contribution in [0.4, 0.5) is 0 Å². The molecule has 1 heterocycles. The van der Waals surface area contributed by atoms with Gasteiger partial charge in [0.05, 0.1) is 5.60 Å². The van der Waals surface area contributed by atoms with Crippen LogP contribution in [0, 0.1) is 0 Å². The third kappa shape index (κ3) is 1.94. The zero-order chi connectivity index (χ0) is 7.61. The molecule has 1 aliphatic rings. The highest BCUT2D eigenvalue weighted by atomic mass is 16.3. The topological polar surface area (TPSA) is 49.5 Å². The quantitative estimate of drug-likeness (QED) is 0.544. The molecule has 1 rings (SSSR count). The molecule has 3 N–H and O–H groups in total. The second-order valence-corrected chi connectivity index (χ2v) is 3.31. The lowest BCUT2D eigenvalue weighted by Crippen LogP contribution is -2.32. The molecule has 10 heavy (non-hydrogen) atoms. The maximum absolute atomic E-state index is 9.51.